The second-order valence-corrected chi connectivity index (χ2v) is 5.78. The van der Waals surface area contributed by atoms with Crippen LogP contribution in [-0.2, 0) is 11.2 Å². The zero-order valence-electron chi connectivity index (χ0n) is 7.55. The summed E-state index contributed by atoms with van der Waals surface area (Å²) in [7, 11) is 0. The van der Waals surface area contributed by atoms with Crippen molar-refractivity contribution in [3.8, 4) is 0 Å². The van der Waals surface area contributed by atoms with Gasteiger partial charge in [0.25, 0.3) is 0 Å². The molecule has 0 unspecified atom stereocenters. The van der Waals surface area contributed by atoms with Gasteiger partial charge in [-0.1, -0.05) is 30.3 Å². The fourth-order valence-electron chi connectivity index (χ4n) is 1.23. The predicted octanol–water partition coefficient (Wildman–Crippen LogP) is 2.63. The van der Waals surface area contributed by atoms with Gasteiger partial charge >= 0.3 is 0 Å². The summed E-state index contributed by atoms with van der Waals surface area (Å²) in [6, 6.07) is 9.84. The Hall–Kier alpha value is -0.0600. The monoisotopic (exact) mass is 244 g/mol. The summed E-state index contributed by atoms with van der Waals surface area (Å²) in [5.74, 6) is 0. The Kier molecular flexibility index (Phi) is 4.41. The highest BCUT2D eigenvalue weighted by Crippen LogP contribution is 2.29. The van der Waals surface area contributed by atoms with Gasteiger partial charge in [-0.05, 0) is 12.0 Å². The van der Waals surface area contributed by atoms with Crippen LogP contribution in [-0.4, -0.2) is 9.19 Å². The molecular formula is C10H12OS3. The van der Waals surface area contributed by atoms with Crippen LogP contribution in [0.25, 0.3) is 0 Å². The molecule has 0 saturated heterocycles. The predicted molar refractivity (Wildman–Crippen MR) is 69.5 cm³/mol. The molecule has 0 atom stereocenters. The van der Waals surface area contributed by atoms with Crippen LogP contribution >= 0.6 is 37.9 Å². The number of carbonyl (C=O) groups excluding carboxylic acids is 1. The number of hydrogen-bond donors (Lipinski definition) is 3. The van der Waals surface area contributed by atoms with Gasteiger partial charge in [-0.15, -0.1) is 12.6 Å². The van der Waals surface area contributed by atoms with Gasteiger partial charge in [-0.3, -0.25) is 4.79 Å². The number of hydrogen-bond acceptors (Lipinski definition) is 3. The molecule has 0 aromatic heterocycles. The van der Waals surface area contributed by atoms with E-state index >= 15 is 0 Å². The quantitative estimate of drug-likeness (QED) is 0.548. The molecule has 14 heavy (non-hydrogen) atoms. The van der Waals surface area contributed by atoms with Gasteiger partial charge in [-0.25, -0.2) is 0 Å². The van der Waals surface area contributed by atoms with Crippen LogP contribution < -0.4 is 0 Å². The summed E-state index contributed by atoms with van der Waals surface area (Å²) in [5.41, 5.74) is 1.12. The molecule has 0 saturated carbocycles. The van der Waals surface area contributed by atoms with E-state index in [0.717, 1.165) is 5.56 Å². The van der Waals surface area contributed by atoms with Gasteiger partial charge in [0.2, 0.25) is 0 Å². The highest BCUT2D eigenvalue weighted by molar-refractivity contribution is 8.01. The second-order valence-electron chi connectivity index (χ2n) is 3.22. The van der Waals surface area contributed by atoms with Crippen LogP contribution in [0, 0.1) is 0 Å². The molecule has 1 aromatic rings. The fourth-order valence-corrected chi connectivity index (χ4v) is 2.40. The highest BCUT2D eigenvalue weighted by Gasteiger charge is 2.23. The van der Waals surface area contributed by atoms with E-state index in [0.29, 0.717) is 6.42 Å². The topological polar surface area (TPSA) is 17.1 Å². The number of thiol groups is 3. The zero-order valence-corrected chi connectivity index (χ0v) is 10.2. The third kappa shape index (κ3) is 4.44. The molecule has 0 radical (unpaired) electrons. The highest BCUT2D eigenvalue weighted by atomic mass is 32.2. The van der Waals surface area contributed by atoms with Crippen molar-refractivity contribution < 1.29 is 4.79 Å². The molecule has 0 aliphatic rings. The van der Waals surface area contributed by atoms with E-state index in [1.807, 2.05) is 30.3 Å². The van der Waals surface area contributed by atoms with Gasteiger partial charge in [-0.2, -0.15) is 25.3 Å². The van der Waals surface area contributed by atoms with Crippen molar-refractivity contribution in [2.24, 2.45) is 0 Å². The molecule has 0 N–H and O–H groups in total. The van der Waals surface area contributed by atoms with Crippen LogP contribution in [0.15, 0.2) is 30.3 Å². The molecule has 0 bridgehead atoms. The maximum Gasteiger partial charge on any atom is 0.188 e. The Morgan fingerprint density at radius 2 is 1.79 bits per heavy atom. The van der Waals surface area contributed by atoms with Crippen LogP contribution in [0.4, 0.5) is 0 Å². The summed E-state index contributed by atoms with van der Waals surface area (Å²) < 4.78 is -0.611. The van der Waals surface area contributed by atoms with E-state index < -0.39 is 4.08 Å². The summed E-state index contributed by atoms with van der Waals surface area (Å²) in [6.45, 7) is 0. The largest absolute Gasteiger partial charge is 0.287 e. The molecule has 0 aliphatic heterocycles. The summed E-state index contributed by atoms with van der Waals surface area (Å²) in [5, 5.41) is -0.189. The Balaban J connectivity index is 2.63. The maximum absolute atomic E-state index is 10.8. The maximum atomic E-state index is 10.8. The summed E-state index contributed by atoms with van der Waals surface area (Å²) in [4.78, 5) is 10.8. The van der Waals surface area contributed by atoms with E-state index in [1.54, 1.807) is 0 Å². The minimum Gasteiger partial charge on any atom is -0.287 e. The lowest BCUT2D eigenvalue weighted by atomic mass is 10.1. The molecule has 4 heteroatoms. The van der Waals surface area contributed by atoms with E-state index in [4.69, 9.17) is 0 Å². The van der Waals surface area contributed by atoms with Gasteiger partial charge in [0.05, 0.1) is 4.08 Å². The third-order valence-corrected chi connectivity index (χ3v) is 2.55. The third-order valence-electron chi connectivity index (χ3n) is 1.76. The van der Waals surface area contributed by atoms with E-state index in [9.17, 15) is 4.79 Å². The second kappa shape index (κ2) is 5.14. The zero-order chi connectivity index (χ0) is 10.6. The van der Waals surface area contributed by atoms with Crippen molar-refractivity contribution in [1.82, 2.24) is 0 Å². The van der Waals surface area contributed by atoms with Crippen LogP contribution in [0.5, 0.6) is 0 Å². The van der Waals surface area contributed by atoms with Crippen molar-refractivity contribution >= 4 is 43.0 Å². The molecule has 0 amide bonds. The average molecular weight is 244 g/mol. The van der Waals surface area contributed by atoms with Crippen LogP contribution in [0.1, 0.15) is 12.0 Å². The first kappa shape index (κ1) is 12.0. The molecule has 0 aliphatic carbocycles. The first-order valence-electron chi connectivity index (χ1n) is 4.20. The van der Waals surface area contributed by atoms with E-state index in [-0.39, 0.29) is 11.5 Å². The van der Waals surface area contributed by atoms with Crippen molar-refractivity contribution in [1.29, 1.82) is 0 Å². The van der Waals surface area contributed by atoms with Crippen molar-refractivity contribution in [2.45, 2.75) is 16.9 Å². The first-order valence-corrected chi connectivity index (χ1v) is 5.54. The molecule has 1 aromatic carbocycles. The summed E-state index contributed by atoms with van der Waals surface area (Å²) >= 11 is 12.4. The smallest absolute Gasteiger partial charge is 0.188 e. The first-order chi connectivity index (χ1) is 6.49. The number of benzene rings is 1. The van der Waals surface area contributed by atoms with Crippen molar-refractivity contribution in [2.75, 3.05) is 0 Å². The lowest BCUT2D eigenvalue weighted by molar-refractivity contribution is -0.110. The molecule has 76 valence electrons. The molecule has 0 fully saturated rings. The average Bonchev–Trinajstić information content (AvgIpc) is 2.02. The normalized spacial score (nSPS) is 11.4. The number of rotatable bonds is 4. The van der Waals surface area contributed by atoms with Crippen LogP contribution in [0.2, 0.25) is 0 Å². The van der Waals surface area contributed by atoms with Gasteiger partial charge in [0, 0.05) is 6.42 Å². The SMILES string of the molecule is O=C(S)CC(S)(S)Cc1ccccc1. The van der Waals surface area contributed by atoms with Crippen molar-refractivity contribution in [3.05, 3.63) is 35.9 Å². The van der Waals surface area contributed by atoms with Gasteiger partial charge < -0.3 is 0 Å². The van der Waals surface area contributed by atoms with E-state index in [1.165, 1.54) is 0 Å². The van der Waals surface area contributed by atoms with Crippen molar-refractivity contribution in [3.63, 3.8) is 0 Å². The molecule has 0 spiro atoms. The lowest BCUT2D eigenvalue weighted by Gasteiger charge is -2.20. The van der Waals surface area contributed by atoms with E-state index in [2.05, 4.69) is 37.9 Å². The molecule has 1 nitrogen and oxygen atoms in total. The van der Waals surface area contributed by atoms with Gasteiger partial charge in [0.15, 0.2) is 5.12 Å². The fraction of sp³-hybridized carbons (Fsp3) is 0.300. The lowest BCUT2D eigenvalue weighted by Crippen LogP contribution is -2.19. The summed E-state index contributed by atoms with van der Waals surface area (Å²) in [6.07, 6.45) is 0.892. The number of carbonyl (C=O) groups is 1. The Morgan fingerprint density at radius 3 is 2.29 bits per heavy atom. The Labute approximate surface area is 101 Å². The molecule has 1 rings (SSSR count). The minimum absolute atomic E-state index is 0.189. The van der Waals surface area contributed by atoms with Gasteiger partial charge in [0.1, 0.15) is 0 Å². The Morgan fingerprint density at radius 1 is 1.21 bits per heavy atom. The standard InChI is InChI=1S/C10H12OS3/c11-9(12)7-10(13,14)6-8-4-2-1-3-5-8/h1-5,13-14H,6-7H2,(H,11,12). The van der Waals surface area contributed by atoms with Crippen LogP contribution in [0.3, 0.4) is 0 Å². The molecular weight excluding hydrogens is 232 g/mol. The molecule has 0 heterocycles. The Bertz CT molecular complexity index is 308. The minimum atomic E-state index is -0.611.